The fourth-order valence-electron chi connectivity index (χ4n) is 3.10. The van der Waals surface area contributed by atoms with Crippen LogP contribution in [0.2, 0.25) is 0 Å². The van der Waals surface area contributed by atoms with Crippen LogP contribution in [0, 0.1) is 5.82 Å². The molecule has 3 rings (SSSR count). The third-order valence-corrected chi connectivity index (χ3v) is 4.50. The van der Waals surface area contributed by atoms with Gasteiger partial charge in [0.1, 0.15) is 11.4 Å². The number of nitrogens with zero attached hydrogens (tertiary/aromatic N) is 3. The molecule has 2 heterocycles. The lowest BCUT2D eigenvalue weighted by Gasteiger charge is -2.41. The van der Waals surface area contributed by atoms with Crippen molar-refractivity contribution in [3.8, 4) is 0 Å². The lowest BCUT2D eigenvalue weighted by Crippen LogP contribution is -2.56. The molecular weight excluding hydrogens is 325 g/mol. The van der Waals surface area contributed by atoms with Gasteiger partial charge in [0.25, 0.3) is 5.91 Å². The third kappa shape index (κ3) is 3.72. The standard InChI is InChI=1S/C18H22FN3O3/c1-2-22-11-15(10-20-22)17(24)21-7-8-25-18(12-21,13-23)9-14-5-3-4-6-16(14)19/h3-6,10-11,23H,2,7-9,12-13H2,1H3/t18-/m1/s1. The zero-order chi connectivity index (χ0) is 17.9. The summed E-state index contributed by atoms with van der Waals surface area (Å²) in [7, 11) is 0. The van der Waals surface area contributed by atoms with E-state index in [9.17, 15) is 14.3 Å². The molecule has 1 aromatic carbocycles. The van der Waals surface area contributed by atoms with Gasteiger partial charge in [-0.1, -0.05) is 18.2 Å². The number of aliphatic hydroxyl groups excluding tert-OH is 1. The second-order valence-electron chi connectivity index (χ2n) is 6.27. The molecule has 1 amide bonds. The fourth-order valence-corrected chi connectivity index (χ4v) is 3.10. The molecule has 1 saturated heterocycles. The van der Waals surface area contributed by atoms with Gasteiger partial charge in [0.15, 0.2) is 0 Å². The molecule has 1 atom stereocenters. The van der Waals surface area contributed by atoms with E-state index in [-0.39, 0.29) is 31.3 Å². The number of morpholine rings is 1. The maximum absolute atomic E-state index is 14.0. The van der Waals surface area contributed by atoms with Crippen LogP contribution in [0.3, 0.4) is 0 Å². The quantitative estimate of drug-likeness (QED) is 0.890. The van der Waals surface area contributed by atoms with Crippen LogP contribution in [0.4, 0.5) is 4.39 Å². The van der Waals surface area contributed by atoms with E-state index in [1.165, 1.54) is 6.07 Å². The van der Waals surface area contributed by atoms with Crippen LogP contribution in [-0.2, 0) is 17.7 Å². The molecule has 0 aliphatic carbocycles. The second-order valence-corrected chi connectivity index (χ2v) is 6.27. The molecule has 0 bridgehead atoms. The first-order valence-corrected chi connectivity index (χ1v) is 8.37. The number of hydrogen-bond acceptors (Lipinski definition) is 4. The Balaban J connectivity index is 1.78. The van der Waals surface area contributed by atoms with Crippen LogP contribution in [0.1, 0.15) is 22.8 Å². The van der Waals surface area contributed by atoms with Gasteiger partial charge in [-0.3, -0.25) is 9.48 Å². The topological polar surface area (TPSA) is 67.6 Å². The first-order chi connectivity index (χ1) is 12.1. The number of carbonyl (C=O) groups excluding carboxylic acids is 1. The zero-order valence-corrected chi connectivity index (χ0v) is 14.2. The van der Waals surface area contributed by atoms with Crippen molar-refractivity contribution in [1.29, 1.82) is 0 Å². The Bertz CT molecular complexity index is 749. The van der Waals surface area contributed by atoms with Gasteiger partial charge in [-0.2, -0.15) is 5.10 Å². The van der Waals surface area contributed by atoms with Crippen LogP contribution in [-0.4, -0.2) is 57.6 Å². The highest BCUT2D eigenvalue weighted by molar-refractivity contribution is 5.93. The summed E-state index contributed by atoms with van der Waals surface area (Å²) >= 11 is 0. The van der Waals surface area contributed by atoms with Crippen molar-refractivity contribution in [1.82, 2.24) is 14.7 Å². The van der Waals surface area contributed by atoms with Gasteiger partial charge in [0, 0.05) is 25.7 Å². The van der Waals surface area contributed by atoms with E-state index >= 15 is 0 Å². The zero-order valence-electron chi connectivity index (χ0n) is 14.2. The van der Waals surface area contributed by atoms with Crippen molar-refractivity contribution >= 4 is 5.91 Å². The predicted molar refractivity (Wildman–Crippen MR) is 89.7 cm³/mol. The summed E-state index contributed by atoms with van der Waals surface area (Å²) in [5.74, 6) is -0.499. The van der Waals surface area contributed by atoms with Gasteiger partial charge in [-0.15, -0.1) is 0 Å². The van der Waals surface area contributed by atoms with Crippen molar-refractivity contribution in [2.75, 3.05) is 26.3 Å². The van der Waals surface area contributed by atoms with E-state index in [4.69, 9.17) is 4.74 Å². The molecule has 6 nitrogen and oxygen atoms in total. The SMILES string of the molecule is CCn1cc(C(=O)N2CCO[C@](CO)(Cc3ccccc3F)C2)cn1. The summed E-state index contributed by atoms with van der Waals surface area (Å²) in [6.45, 7) is 3.26. The smallest absolute Gasteiger partial charge is 0.257 e. The van der Waals surface area contributed by atoms with E-state index in [1.807, 2.05) is 6.92 Å². The minimum Gasteiger partial charge on any atom is -0.393 e. The minimum atomic E-state index is -1.00. The molecule has 25 heavy (non-hydrogen) atoms. The highest BCUT2D eigenvalue weighted by Gasteiger charge is 2.39. The van der Waals surface area contributed by atoms with Crippen molar-refractivity contribution in [3.05, 3.63) is 53.6 Å². The molecule has 0 radical (unpaired) electrons. The Labute approximate surface area is 145 Å². The highest BCUT2D eigenvalue weighted by Crippen LogP contribution is 2.25. The number of ether oxygens (including phenoxy) is 1. The molecule has 134 valence electrons. The number of aliphatic hydroxyl groups is 1. The summed E-state index contributed by atoms with van der Waals surface area (Å²) in [4.78, 5) is 14.3. The molecule has 7 heteroatoms. The average Bonchev–Trinajstić information content (AvgIpc) is 3.12. The molecule has 1 aromatic heterocycles. The number of hydrogen-bond donors (Lipinski definition) is 1. The summed E-state index contributed by atoms with van der Waals surface area (Å²) in [6.07, 6.45) is 3.45. The highest BCUT2D eigenvalue weighted by atomic mass is 19.1. The second kappa shape index (κ2) is 7.33. The molecule has 2 aromatic rings. The average molecular weight is 347 g/mol. The molecule has 1 aliphatic rings. The Hall–Kier alpha value is -2.25. The molecule has 0 unspecified atom stereocenters. The summed E-state index contributed by atoms with van der Waals surface area (Å²) in [5.41, 5.74) is -0.0391. The van der Waals surface area contributed by atoms with Gasteiger partial charge in [0.2, 0.25) is 0 Å². The van der Waals surface area contributed by atoms with Crippen molar-refractivity contribution in [3.63, 3.8) is 0 Å². The van der Waals surface area contributed by atoms with E-state index in [0.717, 1.165) is 0 Å². The van der Waals surface area contributed by atoms with Gasteiger partial charge < -0.3 is 14.7 Å². The molecule has 1 fully saturated rings. The van der Waals surface area contributed by atoms with Crippen molar-refractivity contribution in [2.45, 2.75) is 25.5 Å². The number of rotatable bonds is 5. The first kappa shape index (κ1) is 17.6. The number of aryl methyl sites for hydroxylation is 1. The van der Waals surface area contributed by atoms with Crippen LogP contribution < -0.4 is 0 Å². The van der Waals surface area contributed by atoms with Crippen LogP contribution in [0.15, 0.2) is 36.7 Å². The van der Waals surface area contributed by atoms with Crippen LogP contribution >= 0.6 is 0 Å². The van der Waals surface area contributed by atoms with Gasteiger partial charge in [0.05, 0.1) is 31.5 Å². The van der Waals surface area contributed by atoms with E-state index in [2.05, 4.69) is 5.10 Å². The first-order valence-electron chi connectivity index (χ1n) is 8.37. The lowest BCUT2D eigenvalue weighted by molar-refractivity contribution is -0.123. The Morgan fingerprint density at radius 3 is 2.92 bits per heavy atom. The van der Waals surface area contributed by atoms with Gasteiger partial charge in [-0.25, -0.2) is 4.39 Å². The number of amides is 1. The maximum Gasteiger partial charge on any atom is 0.257 e. The third-order valence-electron chi connectivity index (χ3n) is 4.50. The molecular formula is C18H22FN3O3. The fraction of sp³-hybridized carbons (Fsp3) is 0.444. The Kier molecular flexibility index (Phi) is 5.15. The van der Waals surface area contributed by atoms with Gasteiger partial charge in [-0.05, 0) is 18.6 Å². The van der Waals surface area contributed by atoms with E-state index < -0.39 is 5.60 Å². The predicted octanol–water partition coefficient (Wildman–Crippen LogP) is 1.49. The largest absolute Gasteiger partial charge is 0.393 e. The molecule has 0 saturated carbocycles. The number of benzene rings is 1. The number of halogens is 1. The van der Waals surface area contributed by atoms with E-state index in [0.29, 0.717) is 30.8 Å². The Morgan fingerprint density at radius 2 is 2.24 bits per heavy atom. The molecule has 1 aliphatic heterocycles. The number of aromatic nitrogens is 2. The normalized spacial score (nSPS) is 20.7. The van der Waals surface area contributed by atoms with Crippen molar-refractivity contribution in [2.24, 2.45) is 0 Å². The number of carbonyl (C=O) groups is 1. The van der Waals surface area contributed by atoms with Crippen LogP contribution in [0.5, 0.6) is 0 Å². The summed E-state index contributed by atoms with van der Waals surface area (Å²) in [6, 6.07) is 6.41. The lowest BCUT2D eigenvalue weighted by atomic mass is 9.92. The Morgan fingerprint density at radius 1 is 1.44 bits per heavy atom. The summed E-state index contributed by atoms with van der Waals surface area (Å²) < 4.78 is 21.5. The van der Waals surface area contributed by atoms with Gasteiger partial charge >= 0.3 is 0 Å². The summed E-state index contributed by atoms with van der Waals surface area (Å²) in [5, 5.41) is 14.0. The molecule has 1 N–H and O–H groups in total. The maximum atomic E-state index is 14.0. The van der Waals surface area contributed by atoms with Crippen molar-refractivity contribution < 1.29 is 19.0 Å². The van der Waals surface area contributed by atoms with Crippen LogP contribution in [0.25, 0.3) is 0 Å². The monoisotopic (exact) mass is 347 g/mol. The molecule has 0 spiro atoms. The minimum absolute atomic E-state index is 0.158. The van der Waals surface area contributed by atoms with E-state index in [1.54, 1.807) is 40.2 Å².